The van der Waals surface area contributed by atoms with Crippen LogP contribution in [-0.2, 0) is 4.79 Å². The summed E-state index contributed by atoms with van der Waals surface area (Å²) in [6, 6.07) is 14.2. The van der Waals surface area contributed by atoms with Gasteiger partial charge in [0.15, 0.2) is 0 Å². The first kappa shape index (κ1) is 18.3. The van der Waals surface area contributed by atoms with E-state index in [2.05, 4.69) is 21.2 Å². The highest BCUT2D eigenvalue weighted by atomic mass is 79.9. The van der Waals surface area contributed by atoms with Gasteiger partial charge in [0.05, 0.1) is 23.4 Å². The van der Waals surface area contributed by atoms with Crippen molar-refractivity contribution < 1.29 is 14.4 Å². The molecule has 0 fully saturated rings. The predicted octanol–water partition coefficient (Wildman–Crippen LogP) is 2.62. The molecule has 0 saturated carbocycles. The molecule has 1 aliphatic heterocycles. The molecule has 2 aromatic carbocycles. The molecule has 0 bridgehead atoms. The number of imide groups is 1. The van der Waals surface area contributed by atoms with Gasteiger partial charge in [-0.05, 0) is 47.2 Å². The average Bonchev–Trinajstić information content (AvgIpc) is 2.86. The van der Waals surface area contributed by atoms with Gasteiger partial charge in [-0.3, -0.25) is 24.2 Å². The highest BCUT2D eigenvalue weighted by molar-refractivity contribution is 9.10. The van der Waals surface area contributed by atoms with Crippen molar-refractivity contribution in [1.29, 1.82) is 0 Å². The maximum absolute atomic E-state index is 12.3. The number of anilines is 1. The van der Waals surface area contributed by atoms with Crippen LogP contribution in [0.1, 0.15) is 20.7 Å². The van der Waals surface area contributed by atoms with Crippen LogP contribution in [0.15, 0.2) is 53.0 Å². The standard InChI is InChI=1S/C19H18BrN3O3/c1-22(12-17(24)21-16-9-5-4-8-15(16)20)10-11-23-18(25)13-6-2-3-7-14(13)19(23)26/h2-9H,10-12H2,1H3,(H,21,24). The van der Waals surface area contributed by atoms with Crippen molar-refractivity contribution in [2.75, 3.05) is 32.0 Å². The molecule has 3 amide bonds. The van der Waals surface area contributed by atoms with Gasteiger partial charge < -0.3 is 5.32 Å². The number of fused-ring (bicyclic) bond motifs is 1. The number of hydrogen-bond acceptors (Lipinski definition) is 4. The van der Waals surface area contributed by atoms with Crippen LogP contribution in [0.2, 0.25) is 0 Å². The first-order chi connectivity index (χ1) is 12.5. The summed E-state index contributed by atoms with van der Waals surface area (Å²) < 4.78 is 0.807. The van der Waals surface area contributed by atoms with Gasteiger partial charge in [0.1, 0.15) is 0 Å². The molecule has 2 aromatic rings. The fraction of sp³-hybridized carbons (Fsp3) is 0.211. The molecule has 0 radical (unpaired) electrons. The Morgan fingerprint density at radius 3 is 2.23 bits per heavy atom. The van der Waals surface area contributed by atoms with Crippen molar-refractivity contribution in [3.63, 3.8) is 0 Å². The lowest BCUT2D eigenvalue weighted by Crippen LogP contribution is -2.39. The molecule has 0 unspecified atom stereocenters. The second-order valence-corrected chi connectivity index (χ2v) is 6.93. The minimum Gasteiger partial charge on any atom is -0.324 e. The van der Waals surface area contributed by atoms with Gasteiger partial charge in [0, 0.05) is 17.6 Å². The summed E-state index contributed by atoms with van der Waals surface area (Å²) in [5.41, 5.74) is 1.57. The molecule has 0 saturated heterocycles. The monoisotopic (exact) mass is 415 g/mol. The summed E-state index contributed by atoms with van der Waals surface area (Å²) in [7, 11) is 1.78. The maximum Gasteiger partial charge on any atom is 0.261 e. The summed E-state index contributed by atoms with van der Waals surface area (Å²) in [5, 5.41) is 2.83. The molecule has 0 atom stereocenters. The zero-order chi connectivity index (χ0) is 18.7. The third-order valence-corrected chi connectivity index (χ3v) is 4.84. The third-order valence-electron chi connectivity index (χ3n) is 4.14. The number of carbonyl (C=O) groups excluding carboxylic acids is 3. The van der Waals surface area contributed by atoms with E-state index in [1.165, 1.54) is 4.90 Å². The van der Waals surface area contributed by atoms with Gasteiger partial charge in [-0.25, -0.2) is 0 Å². The molecule has 26 heavy (non-hydrogen) atoms. The van der Waals surface area contributed by atoms with E-state index in [1.54, 1.807) is 42.3 Å². The Kier molecular flexibility index (Phi) is 5.49. The van der Waals surface area contributed by atoms with Crippen LogP contribution >= 0.6 is 15.9 Å². The van der Waals surface area contributed by atoms with Crippen LogP contribution in [0.25, 0.3) is 0 Å². The van der Waals surface area contributed by atoms with E-state index in [1.807, 2.05) is 18.2 Å². The van der Waals surface area contributed by atoms with Gasteiger partial charge in [-0.2, -0.15) is 0 Å². The van der Waals surface area contributed by atoms with Crippen molar-refractivity contribution in [2.45, 2.75) is 0 Å². The molecule has 7 heteroatoms. The third kappa shape index (κ3) is 3.84. The number of amides is 3. The van der Waals surface area contributed by atoms with Crippen molar-refractivity contribution >= 4 is 39.3 Å². The number of carbonyl (C=O) groups is 3. The quantitative estimate of drug-likeness (QED) is 0.736. The van der Waals surface area contributed by atoms with Gasteiger partial charge in [0.25, 0.3) is 11.8 Å². The van der Waals surface area contributed by atoms with Crippen molar-refractivity contribution in [2.24, 2.45) is 0 Å². The van der Waals surface area contributed by atoms with E-state index in [0.29, 0.717) is 23.4 Å². The van der Waals surface area contributed by atoms with Crippen molar-refractivity contribution in [3.8, 4) is 0 Å². The van der Waals surface area contributed by atoms with E-state index in [4.69, 9.17) is 0 Å². The fourth-order valence-corrected chi connectivity index (χ4v) is 3.17. The zero-order valence-electron chi connectivity index (χ0n) is 14.2. The number of likely N-dealkylation sites (N-methyl/N-ethyl adjacent to an activating group) is 1. The van der Waals surface area contributed by atoms with Crippen LogP contribution < -0.4 is 5.32 Å². The van der Waals surface area contributed by atoms with Gasteiger partial charge in [-0.15, -0.1) is 0 Å². The van der Waals surface area contributed by atoms with Crippen LogP contribution in [-0.4, -0.2) is 54.2 Å². The van der Waals surface area contributed by atoms with E-state index in [0.717, 1.165) is 4.47 Å². The first-order valence-electron chi connectivity index (χ1n) is 8.15. The lowest BCUT2D eigenvalue weighted by Gasteiger charge is -2.20. The predicted molar refractivity (Wildman–Crippen MR) is 102 cm³/mol. The summed E-state index contributed by atoms with van der Waals surface area (Å²) in [6.45, 7) is 0.810. The van der Waals surface area contributed by atoms with Crippen molar-refractivity contribution in [1.82, 2.24) is 9.80 Å². The number of nitrogens with one attached hydrogen (secondary N) is 1. The van der Waals surface area contributed by atoms with E-state index < -0.39 is 0 Å². The SMILES string of the molecule is CN(CCN1C(=O)c2ccccc2C1=O)CC(=O)Nc1ccccc1Br. The summed E-state index contributed by atoms with van der Waals surface area (Å²) in [6.07, 6.45) is 0. The smallest absolute Gasteiger partial charge is 0.261 e. The van der Waals surface area contributed by atoms with E-state index in [-0.39, 0.29) is 30.8 Å². The molecule has 6 nitrogen and oxygen atoms in total. The highest BCUT2D eigenvalue weighted by Gasteiger charge is 2.34. The molecule has 3 rings (SSSR count). The number of rotatable bonds is 6. The molecule has 0 aromatic heterocycles. The zero-order valence-corrected chi connectivity index (χ0v) is 15.8. The maximum atomic E-state index is 12.3. The average molecular weight is 416 g/mol. The number of hydrogen-bond donors (Lipinski definition) is 1. The Hall–Kier alpha value is -2.51. The molecule has 1 heterocycles. The van der Waals surface area contributed by atoms with Crippen LogP contribution in [0.5, 0.6) is 0 Å². The first-order valence-corrected chi connectivity index (χ1v) is 8.95. The lowest BCUT2D eigenvalue weighted by molar-refractivity contribution is -0.117. The molecule has 0 aliphatic carbocycles. The minimum absolute atomic E-state index is 0.157. The summed E-state index contributed by atoms with van der Waals surface area (Å²) in [5.74, 6) is -0.727. The Labute approximate surface area is 159 Å². The second-order valence-electron chi connectivity index (χ2n) is 6.07. The van der Waals surface area contributed by atoms with E-state index >= 15 is 0 Å². The van der Waals surface area contributed by atoms with Crippen LogP contribution in [0.4, 0.5) is 5.69 Å². The van der Waals surface area contributed by atoms with E-state index in [9.17, 15) is 14.4 Å². The Morgan fingerprint density at radius 2 is 1.62 bits per heavy atom. The number of benzene rings is 2. The topological polar surface area (TPSA) is 69.7 Å². The Morgan fingerprint density at radius 1 is 1.04 bits per heavy atom. The molecule has 1 aliphatic rings. The molecule has 0 spiro atoms. The van der Waals surface area contributed by atoms with Crippen LogP contribution in [0.3, 0.4) is 0 Å². The molecular formula is C19H18BrN3O3. The van der Waals surface area contributed by atoms with Gasteiger partial charge >= 0.3 is 0 Å². The lowest BCUT2D eigenvalue weighted by atomic mass is 10.1. The Bertz CT molecular complexity index is 834. The van der Waals surface area contributed by atoms with Gasteiger partial charge in [-0.1, -0.05) is 24.3 Å². The number of para-hydroxylation sites is 1. The summed E-state index contributed by atoms with van der Waals surface area (Å²) >= 11 is 3.38. The number of halogens is 1. The molecule has 134 valence electrons. The molecular weight excluding hydrogens is 398 g/mol. The fourth-order valence-electron chi connectivity index (χ4n) is 2.79. The minimum atomic E-state index is -0.281. The van der Waals surface area contributed by atoms with Crippen molar-refractivity contribution in [3.05, 3.63) is 64.1 Å². The van der Waals surface area contributed by atoms with Gasteiger partial charge in [0.2, 0.25) is 5.91 Å². The highest BCUT2D eigenvalue weighted by Crippen LogP contribution is 2.22. The second kappa shape index (κ2) is 7.80. The summed E-state index contributed by atoms with van der Waals surface area (Å²) in [4.78, 5) is 39.8. The number of nitrogens with zero attached hydrogens (tertiary/aromatic N) is 2. The Balaban J connectivity index is 1.53. The van der Waals surface area contributed by atoms with Crippen LogP contribution in [0, 0.1) is 0 Å². The molecule has 1 N–H and O–H groups in total. The normalized spacial score (nSPS) is 13.3. The largest absolute Gasteiger partial charge is 0.324 e.